The molecule has 22 heavy (non-hydrogen) atoms. The summed E-state index contributed by atoms with van der Waals surface area (Å²) in [5.41, 5.74) is 0. The number of carbonyl (C=O) groups is 3. The van der Waals surface area contributed by atoms with Crippen LogP contribution in [0.25, 0.3) is 0 Å². The SMILES string of the molecule is CCCCCN(C(=O)C[N+](=O)[O-])C(=O)N(CCCC)C(=O)O. The first-order valence-electron chi connectivity index (χ1n) is 7.31. The largest absolute Gasteiger partial charge is 0.465 e. The number of hydrogen-bond acceptors (Lipinski definition) is 5. The highest BCUT2D eigenvalue weighted by Gasteiger charge is 2.31. The first-order chi connectivity index (χ1) is 10.3. The lowest BCUT2D eigenvalue weighted by molar-refractivity contribution is -0.468. The summed E-state index contributed by atoms with van der Waals surface area (Å²) in [6.45, 7) is 2.67. The maximum absolute atomic E-state index is 12.2. The first-order valence-corrected chi connectivity index (χ1v) is 7.31. The molecule has 0 saturated carbocycles. The number of hydrogen-bond donors (Lipinski definition) is 1. The van der Waals surface area contributed by atoms with Crippen molar-refractivity contribution in [3.8, 4) is 0 Å². The number of nitro groups is 1. The molecule has 0 rings (SSSR count). The van der Waals surface area contributed by atoms with Crippen LogP contribution in [0.4, 0.5) is 9.59 Å². The molecule has 0 aromatic rings. The molecule has 0 unspecified atom stereocenters. The highest BCUT2D eigenvalue weighted by atomic mass is 16.6. The average molecular weight is 317 g/mol. The highest BCUT2D eigenvalue weighted by Crippen LogP contribution is 2.07. The van der Waals surface area contributed by atoms with Crippen molar-refractivity contribution in [2.24, 2.45) is 0 Å². The molecule has 0 aromatic heterocycles. The van der Waals surface area contributed by atoms with Gasteiger partial charge in [0, 0.05) is 18.0 Å². The molecular formula is C13H23N3O6. The molecule has 0 atom stereocenters. The Balaban J connectivity index is 5.07. The van der Waals surface area contributed by atoms with Crippen LogP contribution in [0.5, 0.6) is 0 Å². The van der Waals surface area contributed by atoms with E-state index >= 15 is 0 Å². The van der Waals surface area contributed by atoms with Gasteiger partial charge >= 0.3 is 18.0 Å². The lowest BCUT2D eigenvalue weighted by Crippen LogP contribution is -2.50. The summed E-state index contributed by atoms with van der Waals surface area (Å²) in [6.07, 6.45) is 1.72. The Morgan fingerprint density at radius 2 is 1.55 bits per heavy atom. The van der Waals surface area contributed by atoms with Gasteiger partial charge in [0.05, 0.1) is 0 Å². The third-order valence-electron chi connectivity index (χ3n) is 2.98. The smallest absolute Gasteiger partial charge is 0.415 e. The zero-order valence-corrected chi connectivity index (χ0v) is 13.0. The Labute approximate surface area is 129 Å². The van der Waals surface area contributed by atoms with Crippen molar-refractivity contribution in [1.82, 2.24) is 9.80 Å². The van der Waals surface area contributed by atoms with Crippen LogP contribution in [0.1, 0.15) is 46.0 Å². The molecule has 0 bridgehead atoms. The Morgan fingerprint density at radius 3 is 2.00 bits per heavy atom. The molecule has 0 spiro atoms. The first kappa shape index (κ1) is 19.8. The summed E-state index contributed by atoms with van der Waals surface area (Å²) in [7, 11) is 0. The van der Waals surface area contributed by atoms with Crippen LogP contribution in [0.15, 0.2) is 0 Å². The zero-order chi connectivity index (χ0) is 17.1. The topological polar surface area (TPSA) is 121 Å². The maximum Gasteiger partial charge on any atom is 0.415 e. The minimum atomic E-state index is -1.46. The van der Waals surface area contributed by atoms with Crippen LogP contribution in [-0.4, -0.2) is 57.5 Å². The lowest BCUT2D eigenvalue weighted by Gasteiger charge is -2.25. The number of unbranched alkanes of at least 4 members (excludes halogenated alkanes) is 3. The molecule has 1 N–H and O–H groups in total. The second-order valence-corrected chi connectivity index (χ2v) is 4.81. The van der Waals surface area contributed by atoms with E-state index in [0.717, 1.165) is 12.8 Å². The fourth-order valence-electron chi connectivity index (χ4n) is 1.78. The minimum absolute atomic E-state index is 0.0186. The fraction of sp³-hybridized carbons (Fsp3) is 0.769. The quantitative estimate of drug-likeness (QED) is 0.395. The summed E-state index contributed by atoms with van der Waals surface area (Å²) in [6, 6.07) is -1.01. The molecule has 0 aliphatic carbocycles. The third-order valence-corrected chi connectivity index (χ3v) is 2.98. The Morgan fingerprint density at radius 1 is 1.00 bits per heavy atom. The fourth-order valence-corrected chi connectivity index (χ4v) is 1.78. The van der Waals surface area contributed by atoms with Crippen molar-refractivity contribution in [1.29, 1.82) is 0 Å². The molecule has 0 fully saturated rings. The van der Waals surface area contributed by atoms with Gasteiger partial charge in [-0.25, -0.2) is 14.5 Å². The van der Waals surface area contributed by atoms with Gasteiger partial charge in [-0.1, -0.05) is 33.1 Å². The maximum atomic E-state index is 12.2. The Hall–Kier alpha value is -2.19. The van der Waals surface area contributed by atoms with E-state index in [0.29, 0.717) is 29.1 Å². The van der Waals surface area contributed by atoms with Crippen LogP contribution in [0, 0.1) is 10.1 Å². The van der Waals surface area contributed by atoms with E-state index in [9.17, 15) is 24.5 Å². The molecular weight excluding hydrogens is 294 g/mol. The van der Waals surface area contributed by atoms with E-state index in [2.05, 4.69) is 0 Å². The van der Waals surface area contributed by atoms with Crippen molar-refractivity contribution in [2.45, 2.75) is 46.0 Å². The van der Waals surface area contributed by atoms with Crippen molar-refractivity contribution in [2.75, 3.05) is 19.6 Å². The van der Waals surface area contributed by atoms with E-state index in [1.54, 1.807) is 0 Å². The van der Waals surface area contributed by atoms with Gasteiger partial charge in [-0.05, 0) is 12.8 Å². The minimum Gasteiger partial charge on any atom is -0.465 e. The average Bonchev–Trinajstić information content (AvgIpc) is 2.42. The summed E-state index contributed by atoms with van der Waals surface area (Å²) in [5, 5.41) is 19.5. The van der Waals surface area contributed by atoms with Crippen molar-refractivity contribution in [3.05, 3.63) is 10.1 Å². The molecule has 126 valence electrons. The standard InChI is InChI=1S/C13H23N3O6/c1-3-5-7-9-14(11(17)10-16(21)22)12(18)15(13(19)20)8-6-4-2/h3-10H2,1-2H3,(H,19,20). The molecule has 0 radical (unpaired) electrons. The van der Waals surface area contributed by atoms with Gasteiger partial charge < -0.3 is 5.11 Å². The van der Waals surface area contributed by atoms with E-state index in [-0.39, 0.29) is 13.1 Å². The number of rotatable bonds is 9. The second kappa shape index (κ2) is 10.5. The number of urea groups is 1. The molecule has 4 amide bonds. The summed E-state index contributed by atoms with van der Waals surface area (Å²) < 4.78 is 0. The summed E-state index contributed by atoms with van der Waals surface area (Å²) in [4.78, 5) is 46.1. The van der Waals surface area contributed by atoms with E-state index in [1.165, 1.54) is 0 Å². The van der Waals surface area contributed by atoms with E-state index < -0.39 is 29.5 Å². The number of amides is 4. The summed E-state index contributed by atoms with van der Waals surface area (Å²) >= 11 is 0. The van der Waals surface area contributed by atoms with E-state index in [1.807, 2.05) is 13.8 Å². The highest BCUT2D eigenvalue weighted by molar-refractivity contribution is 6.00. The van der Waals surface area contributed by atoms with Crippen molar-refractivity contribution in [3.63, 3.8) is 0 Å². The Kier molecular flexibility index (Phi) is 9.48. The van der Waals surface area contributed by atoms with Gasteiger partial charge in [-0.2, -0.15) is 0 Å². The summed E-state index contributed by atoms with van der Waals surface area (Å²) in [5.74, 6) is -0.992. The van der Waals surface area contributed by atoms with Crippen LogP contribution in [0.2, 0.25) is 0 Å². The molecule has 0 aromatic carbocycles. The molecule has 0 heterocycles. The van der Waals surface area contributed by atoms with Gasteiger partial charge in [-0.15, -0.1) is 0 Å². The predicted molar refractivity (Wildman–Crippen MR) is 78.1 cm³/mol. The molecule has 9 heteroatoms. The normalized spacial score (nSPS) is 10.1. The molecule has 0 aliphatic rings. The molecule has 0 aliphatic heterocycles. The zero-order valence-electron chi connectivity index (χ0n) is 13.0. The van der Waals surface area contributed by atoms with E-state index in [4.69, 9.17) is 5.11 Å². The molecule has 0 saturated heterocycles. The van der Waals surface area contributed by atoms with Gasteiger partial charge in [-0.3, -0.25) is 19.8 Å². The number of carbonyl (C=O) groups excluding carboxylic acids is 2. The van der Waals surface area contributed by atoms with Gasteiger partial charge in [0.1, 0.15) is 0 Å². The van der Waals surface area contributed by atoms with Crippen LogP contribution >= 0.6 is 0 Å². The van der Waals surface area contributed by atoms with Crippen LogP contribution in [0.3, 0.4) is 0 Å². The third kappa shape index (κ3) is 7.00. The monoisotopic (exact) mass is 317 g/mol. The number of imide groups is 2. The van der Waals surface area contributed by atoms with Crippen molar-refractivity contribution >= 4 is 18.0 Å². The number of carboxylic acid groups (broad SMARTS) is 1. The second-order valence-electron chi connectivity index (χ2n) is 4.81. The van der Waals surface area contributed by atoms with Crippen molar-refractivity contribution < 1.29 is 24.4 Å². The van der Waals surface area contributed by atoms with Gasteiger partial charge in [0.15, 0.2) is 0 Å². The van der Waals surface area contributed by atoms with Crippen LogP contribution < -0.4 is 0 Å². The Bertz CT molecular complexity index is 413. The van der Waals surface area contributed by atoms with Gasteiger partial charge in [0.25, 0.3) is 6.54 Å². The van der Waals surface area contributed by atoms with Crippen LogP contribution in [-0.2, 0) is 4.79 Å². The number of nitrogens with zero attached hydrogens (tertiary/aromatic N) is 3. The van der Waals surface area contributed by atoms with Gasteiger partial charge in [0.2, 0.25) is 0 Å². The lowest BCUT2D eigenvalue weighted by atomic mass is 10.2. The predicted octanol–water partition coefficient (Wildman–Crippen LogP) is 2.18. The molecule has 9 nitrogen and oxygen atoms in total.